The predicted octanol–water partition coefficient (Wildman–Crippen LogP) is 3.29. The van der Waals surface area contributed by atoms with Crippen LogP contribution < -0.4 is 4.74 Å². The first kappa shape index (κ1) is 18.4. The third-order valence-electron chi connectivity index (χ3n) is 5.22. The number of amides is 2. The number of carbonyl (C=O) groups is 2. The Bertz CT molecular complexity index is 605. The van der Waals surface area contributed by atoms with E-state index in [0.717, 1.165) is 30.2 Å². The summed E-state index contributed by atoms with van der Waals surface area (Å²) in [4.78, 5) is 26.2. The van der Waals surface area contributed by atoms with Crippen LogP contribution >= 0.6 is 15.9 Å². The number of aliphatic hydroxyl groups excluding tert-OH is 1. The van der Waals surface area contributed by atoms with Crippen molar-refractivity contribution in [2.24, 2.45) is 5.41 Å². The molecule has 1 spiro atoms. The number of piperidine rings is 1. The molecule has 1 aliphatic heterocycles. The molecule has 5 nitrogen and oxygen atoms in total. The van der Waals surface area contributed by atoms with Crippen molar-refractivity contribution in [1.82, 2.24) is 4.90 Å². The number of aliphatic hydroxyl groups is 1. The lowest BCUT2D eigenvalue weighted by Crippen LogP contribution is -2.51. The van der Waals surface area contributed by atoms with Crippen LogP contribution in [0.3, 0.4) is 0 Å². The summed E-state index contributed by atoms with van der Waals surface area (Å²) in [5, 5.41) is 10.2. The third kappa shape index (κ3) is 4.61. The second-order valence-electron chi connectivity index (χ2n) is 7.23. The maximum absolute atomic E-state index is 12.5. The normalized spacial score (nSPS) is 21.4. The lowest BCUT2D eigenvalue weighted by Gasteiger charge is -2.42. The van der Waals surface area contributed by atoms with E-state index < -0.39 is 6.10 Å². The Labute approximate surface area is 156 Å². The molecule has 1 saturated heterocycles. The van der Waals surface area contributed by atoms with E-state index in [1.165, 1.54) is 11.3 Å². The molecule has 0 aromatic heterocycles. The molecule has 1 atom stereocenters. The zero-order chi connectivity index (χ0) is 17.9. The van der Waals surface area contributed by atoms with Gasteiger partial charge in [0.2, 0.25) is 11.8 Å². The van der Waals surface area contributed by atoms with Crippen molar-refractivity contribution >= 4 is 27.7 Å². The Balaban J connectivity index is 1.52. The molecule has 3 rings (SSSR count). The summed E-state index contributed by atoms with van der Waals surface area (Å²) in [6, 6.07) is 7.29. The van der Waals surface area contributed by atoms with Crippen molar-refractivity contribution < 1.29 is 19.4 Å². The van der Waals surface area contributed by atoms with Gasteiger partial charge in [0.25, 0.3) is 0 Å². The molecular weight excluding hydrogens is 386 g/mol. The van der Waals surface area contributed by atoms with Gasteiger partial charge in [-0.05, 0) is 42.5 Å². The van der Waals surface area contributed by atoms with Gasteiger partial charge in [0.15, 0.2) is 0 Å². The topological polar surface area (TPSA) is 66.8 Å². The second kappa shape index (κ2) is 7.87. The number of hydrogen-bond donors (Lipinski definition) is 1. The smallest absolute Gasteiger partial charge is 0.229 e. The van der Waals surface area contributed by atoms with Crippen LogP contribution in [0.25, 0.3) is 0 Å². The number of likely N-dealkylation sites (tertiary alicyclic amines) is 1. The maximum Gasteiger partial charge on any atom is 0.229 e. The van der Waals surface area contributed by atoms with Crippen molar-refractivity contribution in [1.29, 1.82) is 0 Å². The molecule has 1 aliphatic carbocycles. The Morgan fingerprint density at radius 1 is 1.08 bits per heavy atom. The number of benzene rings is 1. The van der Waals surface area contributed by atoms with Gasteiger partial charge in [0.05, 0.1) is 6.54 Å². The Morgan fingerprint density at radius 2 is 1.68 bits per heavy atom. The molecule has 1 N–H and O–H groups in total. The number of imide groups is 1. The zero-order valence-electron chi connectivity index (χ0n) is 14.2. The Morgan fingerprint density at radius 3 is 2.28 bits per heavy atom. The summed E-state index contributed by atoms with van der Waals surface area (Å²) in [5.41, 5.74) is -0.123. The maximum atomic E-state index is 12.5. The van der Waals surface area contributed by atoms with Crippen LogP contribution in [-0.4, -0.2) is 41.1 Å². The summed E-state index contributed by atoms with van der Waals surface area (Å²) < 4.78 is 6.47. The number of nitrogens with zero attached hydrogens (tertiary/aromatic N) is 1. The third-order valence-corrected chi connectivity index (χ3v) is 5.75. The van der Waals surface area contributed by atoms with Gasteiger partial charge >= 0.3 is 0 Å². The SMILES string of the molecule is O=C1CC2(CCCCC2)CC(=O)N1CC(O)COc1ccc(Br)cc1. The average molecular weight is 410 g/mol. The van der Waals surface area contributed by atoms with Gasteiger partial charge in [-0.25, -0.2) is 0 Å². The molecule has 1 heterocycles. The van der Waals surface area contributed by atoms with Crippen molar-refractivity contribution in [3.63, 3.8) is 0 Å². The van der Waals surface area contributed by atoms with Gasteiger partial charge in [-0.15, -0.1) is 0 Å². The van der Waals surface area contributed by atoms with Gasteiger partial charge < -0.3 is 9.84 Å². The number of hydrogen-bond acceptors (Lipinski definition) is 4. The molecule has 2 fully saturated rings. The number of β-amino-alcohol motifs (C(OH)–C–C–N with tert-alkyl or cyclic N) is 1. The van der Waals surface area contributed by atoms with Gasteiger partial charge in [-0.3, -0.25) is 14.5 Å². The Hall–Kier alpha value is -1.40. The van der Waals surface area contributed by atoms with Gasteiger partial charge in [-0.1, -0.05) is 35.2 Å². The van der Waals surface area contributed by atoms with Crippen molar-refractivity contribution in [3.05, 3.63) is 28.7 Å². The fraction of sp³-hybridized carbons (Fsp3) is 0.579. The zero-order valence-corrected chi connectivity index (χ0v) is 15.8. The highest BCUT2D eigenvalue weighted by Gasteiger charge is 2.44. The number of halogens is 1. The minimum absolute atomic E-state index is 0.00424. The van der Waals surface area contributed by atoms with E-state index >= 15 is 0 Å². The van der Waals surface area contributed by atoms with Gasteiger partial charge in [-0.2, -0.15) is 0 Å². The van der Waals surface area contributed by atoms with E-state index in [0.29, 0.717) is 18.6 Å². The molecule has 6 heteroatoms. The first-order valence-corrected chi connectivity index (χ1v) is 9.66. The summed E-state index contributed by atoms with van der Waals surface area (Å²) in [6.45, 7) is 0.0497. The molecule has 2 amide bonds. The van der Waals surface area contributed by atoms with Crippen molar-refractivity contribution in [2.45, 2.75) is 51.0 Å². The number of carbonyl (C=O) groups excluding carboxylic acids is 2. The van der Waals surface area contributed by atoms with Crippen LogP contribution in [0.4, 0.5) is 0 Å². The summed E-state index contributed by atoms with van der Waals surface area (Å²) in [6.07, 6.45) is 5.30. The molecule has 136 valence electrons. The molecule has 0 bridgehead atoms. The van der Waals surface area contributed by atoms with Crippen LogP contribution in [0.2, 0.25) is 0 Å². The molecule has 1 aromatic carbocycles. The largest absolute Gasteiger partial charge is 0.491 e. The predicted molar refractivity (Wildman–Crippen MR) is 97.1 cm³/mol. The minimum Gasteiger partial charge on any atom is -0.491 e. The van der Waals surface area contributed by atoms with E-state index in [4.69, 9.17) is 4.74 Å². The fourth-order valence-electron chi connectivity index (χ4n) is 3.88. The summed E-state index contributed by atoms with van der Waals surface area (Å²) in [7, 11) is 0. The highest BCUT2D eigenvalue weighted by Crippen LogP contribution is 2.45. The van der Waals surface area contributed by atoms with Crippen LogP contribution in [-0.2, 0) is 9.59 Å². The molecule has 0 radical (unpaired) electrons. The van der Waals surface area contributed by atoms with Gasteiger partial charge in [0, 0.05) is 17.3 Å². The van der Waals surface area contributed by atoms with Crippen LogP contribution in [0.15, 0.2) is 28.7 Å². The minimum atomic E-state index is -0.892. The van der Waals surface area contributed by atoms with E-state index in [2.05, 4.69) is 15.9 Å². The summed E-state index contributed by atoms with van der Waals surface area (Å²) in [5.74, 6) is 0.335. The standard InChI is InChI=1S/C19H24BrNO4/c20-14-4-6-16(7-5-14)25-13-15(22)12-21-17(23)10-19(11-18(21)24)8-2-1-3-9-19/h4-7,15,22H,1-3,8-13H2. The van der Waals surface area contributed by atoms with Crippen molar-refractivity contribution in [3.8, 4) is 5.75 Å². The highest BCUT2D eigenvalue weighted by molar-refractivity contribution is 9.10. The molecule has 25 heavy (non-hydrogen) atoms. The van der Waals surface area contributed by atoms with E-state index in [1.807, 2.05) is 12.1 Å². The van der Waals surface area contributed by atoms with Crippen LogP contribution in [0, 0.1) is 5.41 Å². The Kier molecular flexibility index (Phi) is 5.79. The van der Waals surface area contributed by atoms with E-state index in [1.54, 1.807) is 12.1 Å². The first-order valence-electron chi connectivity index (χ1n) is 8.87. The number of ether oxygens (including phenoxy) is 1. The summed E-state index contributed by atoms with van der Waals surface area (Å²) >= 11 is 3.35. The lowest BCUT2D eigenvalue weighted by atomic mass is 9.67. The molecule has 2 aliphatic rings. The van der Waals surface area contributed by atoms with E-state index in [9.17, 15) is 14.7 Å². The van der Waals surface area contributed by atoms with E-state index in [-0.39, 0.29) is 30.4 Å². The lowest BCUT2D eigenvalue weighted by molar-refractivity contribution is -0.156. The van der Waals surface area contributed by atoms with Crippen LogP contribution in [0.5, 0.6) is 5.75 Å². The monoisotopic (exact) mass is 409 g/mol. The quantitative estimate of drug-likeness (QED) is 0.757. The van der Waals surface area contributed by atoms with Gasteiger partial charge in [0.1, 0.15) is 18.5 Å². The molecular formula is C19H24BrNO4. The average Bonchev–Trinajstić information content (AvgIpc) is 2.58. The molecule has 1 unspecified atom stereocenters. The molecule has 1 saturated carbocycles. The first-order chi connectivity index (χ1) is 12.0. The molecule has 1 aromatic rings. The highest BCUT2D eigenvalue weighted by atomic mass is 79.9. The second-order valence-corrected chi connectivity index (χ2v) is 8.15. The number of rotatable bonds is 5. The van der Waals surface area contributed by atoms with Crippen LogP contribution in [0.1, 0.15) is 44.9 Å². The van der Waals surface area contributed by atoms with Crippen molar-refractivity contribution in [2.75, 3.05) is 13.2 Å². The fourth-order valence-corrected chi connectivity index (χ4v) is 4.14.